The Morgan fingerprint density at radius 3 is 2.22 bits per heavy atom. The van der Waals surface area contributed by atoms with Crippen LogP contribution in [0.25, 0.3) is 17.2 Å². The van der Waals surface area contributed by atoms with E-state index in [0.717, 1.165) is 12.1 Å². The highest BCUT2D eigenvalue weighted by atomic mass is 19.4. The van der Waals surface area contributed by atoms with Gasteiger partial charge < -0.3 is 4.74 Å². The van der Waals surface area contributed by atoms with Gasteiger partial charge in [0.05, 0.1) is 10.5 Å². The summed E-state index contributed by atoms with van der Waals surface area (Å²) in [6, 6.07) is 9.79. The molecule has 23 heavy (non-hydrogen) atoms. The Bertz CT molecular complexity index is 737. The van der Waals surface area contributed by atoms with Crippen molar-refractivity contribution in [2.75, 3.05) is 0 Å². The number of hydrogen-bond acceptors (Lipinski definition) is 3. The van der Waals surface area contributed by atoms with Gasteiger partial charge in [-0.05, 0) is 36.2 Å². The average molecular weight is 323 g/mol. The van der Waals surface area contributed by atoms with Crippen molar-refractivity contribution >= 4 is 11.8 Å². The van der Waals surface area contributed by atoms with Crippen molar-refractivity contribution in [2.45, 2.75) is 13.3 Å². The second kappa shape index (κ2) is 6.51. The molecular formula is C16H12F3NO3. The van der Waals surface area contributed by atoms with E-state index in [1.165, 1.54) is 18.2 Å². The van der Waals surface area contributed by atoms with E-state index in [-0.39, 0.29) is 11.4 Å². The summed E-state index contributed by atoms with van der Waals surface area (Å²) in [5.74, 6) is -0.346. The Labute approximate surface area is 130 Å². The largest absolute Gasteiger partial charge is 0.573 e. The van der Waals surface area contributed by atoms with Gasteiger partial charge in [-0.3, -0.25) is 10.1 Å². The molecule has 0 atom stereocenters. The van der Waals surface area contributed by atoms with Gasteiger partial charge in [0.2, 0.25) is 0 Å². The Balaban J connectivity index is 2.35. The Hall–Kier alpha value is -2.83. The van der Waals surface area contributed by atoms with Gasteiger partial charge in [-0.25, -0.2) is 0 Å². The third-order valence-corrected chi connectivity index (χ3v) is 2.99. The fourth-order valence-electron chi connectivity index (χ4n) is 2.05. The first-order valence-electron chi connectivity index (χ1n) is 6.57. The monoisotopic (exact) mass is 323 g/mol. The summed E-state index contributed by atoms with van der Waals surface area (Å²) in [4.78, 5) is 10.6. The number of nitro benzene ring substituents is 1. The molecular weight excluding hydrogens is 311 g/mol. The lowest BCUT2D eigenvalue weighted by molar-refractivity contribution is -0.385. The predicted molar refractivity (Wildman–Crippen MR) is 79.9 cm³/mol. The Kier molecular flexibility index (Phi) is 4.68. The van der Waals surface area contributed by atoms with Crippen LogP contribution in [-0.4, -0.2) is 11.3 Å². The summed E-state index contributed by atoms with van der Waals surface area (Å²) in [6.45, 7) is 1.75. The highest BCUT2D eigenvalue weighted by molar-refractivity contribution is 5.72. The van der Waals surface area contributed by atoms with Crippen molar-refractivity contribution in [1.29, 1.82) is 0 Å². The molecule has 0 aromatic heterocycles. The summed E-state index contributed by atoms with van der Waals surface area (Å²) < 4.78 is 40.1. The zero-order chi connectivity index (χ0) is 17.0. The van der Waals surface area contributed by atoms with E-state index < -0.39 is 11.3 Å². The van der Waals surface area contributed by atoms with Crippen molar-refractivity contribution in [3.8, 4) is 16.9 Å². The summed E-state index contributed by atoms with van der Waals surface area (Å²) in [5.41, 5.74) is 1.47. The van der Waals surface area contributed by atoms with E-state index in [1.807, 2.05) is 0 Å². The minimum Gasteiger partial charge on any atom is -0.406 e. The standard InChI is InChI=1S/C16H12F3NO3/c1-2-3-12-4-5-13(10-15(12)20(21)22)11-6-8-14(9-7-11)23-16(17,18)19/h2-10H,1H3/b3-2+. The molecule has 120 valence electrons. The number of rotatable bonds is 4. The maximum absolute atomic E-state index is 12.1. The van der Waals surface area contributed by atoms with Crippen LogP contribution in [0.3, 0.4) is 0 Å². The van der Waals surface area contributed by atoms with Gasteiger partial charge in [-0.15, -0.1) is 13.2 Å². The molecule has 0 aliphatic rings. The number of benzene rings is 2. The lowest BCUT2D eigenvalue weighted by atomic mass is 10.0. The smallest absolute Gasteiger partial charge is 0.406 e. The molecule has 0 unspecified atom stereocenters. The lowest BCUT2D eigenvalue weighted by Gasteiger charge is -2.09. The summed E-state index contributed by atoms with van der Waals surface area (Å²) in [7, 11) is 0. The maximum atomic E-state index is 12.1. The molecule has 2 aromatic carbocycles. The molecule has 0 bridgehead atoms. The molecule has 0 aliphatic heterocycles. The zero-order valence-corrected chi connectivity index (χ0v) is 12.0. The zero-order valence-electron chi connectivity index (χ0n) is 12.0. The summed E-state index contributed by atoms with van der Waals surface area (Å²) >= 11 is 0. The highest BCUT2D eigenvalue weighted by Crippen LogP contribution is 2.30. The van der Waals surface area contributed by atoms with Crippen LogP contribution < -0.4 is 4.74 Å². The number of ether oxygens (including phenoxy) is 1. The van der Waals surface area contributed by atoms with Crippen molar-refractivity contribution in [1.82, 2.24) is 0 Å². The van der Waals surface area contributed by atoms with E-state index in [9.17, 15) is 23.3 Å². The molecule has 4 nitrogen and oxygen atoms in total. The van der Waals surface area contributed by atoms with Crippen LogP contribution in [0, 0.1) is 10.1 Å². The number of allylic oxidation sites excluding steroid dienone is 1. The van der Waals surface area contributed by atoms with Gasteiger partial charge in [0, 0.05) is 6.07 Å². The van der Waals surface area contributed by atoms with Crippen LogP contribution in [0.2, 0.25) is 0 Å². The molecule has 0 aliphatic carbocycles. The summed E-state index contributed by atoms with van der Waals surface area (Å²) in [6.07, 6.45) is -1.46. The van der Waals surface area contributed by atoms with E-state index in [2.05, 4.69) is 4.74 Å². The van der Waals surface area contributed by atoms with Crippen LogP contribution in [0.1, 0.15) is 12.5 Å². The van der Waals surface area contributed by atoms with E-state index in [1.54, 1.807) is 31.2 Å². The average Bonchev–Trinajstić information content (AvgIpc) is 2.47. The molecule has 0 heterocycles. The fourth-order valence-corrected chi connectivity index (χ4v) is 2.05. The van der Waals surface area contributed by atoms with Crippen molar-refractivity contribution in [2.24, 2.45) is 0 Å². The molecule has 0 radical (unpaired) electrons. The minimum absolute atomic E-state index is 0.0729. The summed E-state index contributed by atoms with van der Waals surface area (Å²) in [5, 5.41) is 11.1. The molecule has 0 amide bonds. The van der Waals surface area contributed by atoms with Gasteiger partial charge in [0.15, 0.2) is 0 Å². The second-order valence-corrected chi connectivity index (χ2v) is 4.60. The van der Waals surface area contributed by atoms with Crippen LogP contribution in [0.15, 0.2) is 48.5 Å². The topological polar surface area (TPSA) is 52.4 Å². The number of nitro groups is 1. The SMILES string of the molecule is C/C=C/c1ccc(-c2ccc(OC(F)(F)F)cc2)cc1[N+](=O)[O-]. The van der Waals surface area contributed by atoms with Gasteiger partial charge >= 0.3 is 6.36 Å². The highest BCUT2D eigenvalue weighted by Gasteiger charge is 2.30. The third-order valence-electron chi connectivity index (χ3n) is 2.99. The van der Waals surface area contributed by atoms with Crippen LogP contribution in [-0.2, 0) is 0 Å². The van der Waals surface area contributed by atoms with Crippen molar-refractivity contribution in [3.05, 3.63) is 64.2 Å². The number of nitrogens with zero attached hydrogens (tertiary/aromatic N) is 1. The second-order valence-electron chi connectivity index (χ2n) is 4.60. The maximum Gasteiger partial charge on any atom is 0.573 e. The van der Waals surface area contributed by atoms with Crippen LogP contribution >= 0.6 is 0 Å². The van der Waals surface area contributed by atoms with E-state index in [4.69, 9.17) is 0 Å². The van der Waals surface area contributed by atoms with Gasteiger partial charge in [-0.1, -0.05) is 30.4 Å². The first-order chi connectivity index (χ1) is 10.8. The van der Waals surface area contributed by atoms with Crippen molar-refractivity contribution in [3.63, 3.8) is 0 Å². The van der Waals surface area contributed by atoms with E-state index in [0.29, 0.717) is 16.7 Å². The van der Waals surface area contributed by atoms with Crippen molar-refractivity contribution < 1.29 is 22.8 Å². The molecule has 0 spiro atoms. The molecule has 0 saturated carbocycles. The fraction of sp³-hybridized carbons (Fsp3) is 0.125. The first kappa shape index (κ1) is 16.5. The van der Waals surface area contributed by atoms with Gasteiger partial charge in [0.25, 0.3) is 5.69 Å². The predicted octanol–water partition coefficient (Wildman–Crippen LogP) is 5.19. The Morgan fingerprint density at radius 1 is 1.09 bits per heavy atom. The quantitative estimate of drug-likeness (QED) is 0.574. The molecule has 0 fully saturated rings. The number of alkyl halides is 3. The van der Waals surface area contributed by atoms with E-state index >= 15 is 0 Å². The van der Waals surface area contributed by atoms with Crippen LogP contribution in [0.5, 0.6) is 5.75 Å². The van der Waals surface area contributed by atoms with Gasteiger partial charge in [0.1, 0.15) is 5.75 Å². The molecule has 0 saturated heterocycles. The molecule has 2 rings (SSSR count). The molecule has 7 heteroatoms. The number of halogens is 3. The number of hydrogen-bond donors (Lipinski definition) is 0. The van der Waals surface area contributed by atoms with Crippen LogP contribution in [0.4, 0.5) is 18.9 Å². The molecule has 0 N–H and O–H groups in total. The molecule has 2 aromatic rings. The van der Waals surface area contributed by atoms with Gasteiger partial charge in [-0.2, -0.15) is 0 Å². The lowest BCUT2D eigenvalue weighted by Crippen LogP contribution is -2.16. The normalized spacial score (nSPS) is 11.7. The minimum atomic E-state index is -4.76. The first-order valence-corrected chi connectivity index (χ1v) is 6.57. The third kappa shape index (κ3) is 4.32. The Morgan fingerprint density at radius 2 is 1.70 bits per heavy atom.